The third-order valence-corrected chi connectivity index (χ3v) is 5.18. The molecule has 0 unspecified atom stereocenters. The molecule has 2 saturated carbocycles. The molecular weight excluding hydrogens is 302 g/mol. The molecule has 0 aromatic carbocycles. The number of hydrogen-bond donors (Lipinski definition) is 0. The van der Waals surface area contributed by atoms with E-state index < -0.39 is 9.05 Å². The maximum absolute atomic E-state index is 12.5. The molecule has 0 atom stereocenters. The molecule has 0 bridgehead atoms. The lowest BCUT2D eigenvalue weighted by Crippen LogP contribution is -2.34. The largest absolute Gasteiger partial charge is 0.455 e. The maximum atomic E-state index is 12.5. The maximum Gasteiger partial charge on any atom is 0.289 e. The highest BCUT2D eigenvalue weighted by Gasteiger charge is 2.38. The monoisotopic (exact) mass is 317 g/mol. The van der Waals surface area contributed by atoms with Crippen LogP contribution in [0.25, 0.3) is 0 Å². The lowest BCUT2D eigenvalue weighted by molar-refractivity contribution is 0.0701. The van der Waals surface area contributed by atoms with Crippen molar-refractivity contribution in [1.29, 1.82) is 0 Å². The Kier molecular flexibility index (Phi) is 3.33. The molecule has 0 spiro atoms. The zero-order valence-electron chi connectivity index (χ0n) is 11.1. The van der Waals surface area contributed by atoms with E-state index in [0.29, 0.717) is 5.92 Å². The highest BCUT2D eigenvalue weighted by Crippen LogP contribution is 2.36. The van der Waals surface area contributed by atoms with Crippen LogP contribution in [0.3, 0.4) is 0 Å². The normalized spacial score (nSPS) is 19.1. The Morgan fingerprint density at radius 1 is 1.40 bits per heavy atom. The first-order valence-electron chi connectivity index (χ1n) is 6.72. The van der Waals surface area contributed by atoms with Gasteiger partial charge in [0.15, 0.2) is 5.76 Å². The van der Waals surface area contributed by atoms with E-state index in [1.54, 1.807) is 0 Å². The van der Waals surface area contributed by atoms with Gasteiger partial charge in [-0.1, -0.05) is 0 Å². The van der Waals surface area contributed by atoms with Gasteiger partial charge in [0.1, 0.15) is 10.7 Å². The van der Waals surface area contributed by atoms with E-state index in [-0.39, 0.29) is 28.4 Å². The number of carbonyl (C=O) groups is 1. The molecule has 2 aliphatic carbocycles. The Balaban J connectivity index is 1.85. The van der Waals surface area contributed by atoms with Crippen molar-refractivity contribution in [2.75, 3.05) is 6.54 Å². The third kappa shape index (κ3) is 2.86. The molecule has 0 N–H and O–H groups in total. The van der Waals surface area contributed by atoms with Crippen molar-refractivity contribution in [1.82, 2.24) is 4.90 Å². The molecular formula is C13H16ClNO4S. The highest BCUT2D eigenvalue weighted by atomic mass is 35.7. The van der Waals surface area contributed by atoms with E-state index in [1.165, 1.54) is 13.0 Å². The van der Waals surface area contributed by atoms with Gasteiger partial charge in [-0.2, -0.15) is 0 Å². The van der Waals surface area contributed by atoms with Crippen LogP contribution >= 0.6 is 10.7 Å². The van der Waals surface area contributed by atoms with Crippen LogP contribution in [0, 0.1) is 12.8 Å². The fourth-order valence-electron chi connectivity index (χ4n) is 2.32. The second-order valence-corrected chi connectivity index (χ2v) is 8.14. The Hall–Kier alpha value is -1.01. The van der Waals surface area contributed by atoms with Crippen LogP contribution in [0.1, 0.15) is 42.0 Å². The number of halogens is 1. The quantitative estimate of drug-likeness (QED) is 0.783. The van der Waals surface area contributed by atoms with Gasteiger partial charge in [-0.05, 0) is 38.5 Å². The Labute approximate surface area is 122 Å². The molecule has 0 aliphatic heterocycles. The fraction of sp³-hybridized carbons (Fsp3) is 0.615. The molecule has 2 aliphatic rings. The van der Waals surface area contributed by atoms with Crippen molar-refractivity contribution in [3.05, 3.63) is 17.6 Å². The van der Waals surface area contributed by atoms with E-state index in [0.717, 1.165) is 32.2 Å². The summed E-state index contributed by atoms with van der Waals surface area (Å²) < 4.78 is 28.1. The van der Waals surface area contributed by atoms with Crippen molar-refractivity contribution in [3.8, 4) is 0 Å². The highest BCUT2D eigenvalue weighted by molar-refractivity contribution is 8.13. The number of nitrogens with zero attached hydrogens (tertiary/aromatic N) is 1. The fourth-order valence-corrected chi connectivity index (χ4v) is 3.41. The van der Waals surface area contributed by atoms with E-state index in [9.17, 15) is 13.2 Å². The van der Waals surface area contributed by atoms with Crippen LogP contribution in [0.4, 0.5) is 0 Å². The summed E-state index contributed by atoms with van der Waals surface area (Å²) in [7, 11) is 1.44. The molecule has 7 heteroatoms. The van der Waals surface area contributed by atoms with Gasteiger partial charge in [0.05, 0.1) is 0 Å². The van der Waals surface area contributed by atoms with E-state index in [2.05, 4.69) is 0 Å². The first-order valence-corrected chi connectivity index (χ1v) is 9.03. The smallest absolute Gasteiger partial charge is 0.289 e. The molecule has 1 heterocycles. The molecule has 2 fully saturated rings. The molecule has 1 aromatic heterocycles. The SMILES string of the molecule is Cc1oc(C(=O)N(CC2CC2)C2CC2)cc1S(=O)(=O)Cl. The van der Waals surface area contributed by atoms with Gasteiger partial charge in [-0.15, -0.1) is 0 Å². The van der Waals surface area contributed by atoms with Crippen LogP contribution in [0.15, 0.2) is 15.4 Å². The van der Waals surface area contributed by atoms with Gasteiger partial charge in [-0.25, -0.2) is 8.42 Å². The molecule has 1 amide bonds. The van der Waals surface area contributed by atoms with E-state index >= 15 is 0 Å². The van der Waals surface area contributed by atoms with Crippen molar-refractivity contribution in [2.45, 2.75) is 43.5 Å². The Morgan fingerprint density at radius 2 is 2.05 bits per heavy atom. The van der Waals surface area contributed by atoms with Gasteiger partial charge in [0.2, 0.25) is 0 Å². The lowest BCUT2D eigenvalue weighted by atomic mass is 10.3. The summed E-state index contributed by atoms with van der Waals surface area (Å²) in [5.74, 6) is 0.584. The number of carbonyl (C=O) groups excluding carboxylic acids is 1. The van der Waals surface area contributed by atoms with Crippen LogP contribution in [-0.2, 0) is 9.05 Å². The number of furan rings is 1. The number of amides is 1. The summed E-state index contributed by atoms with van der Waals surface area (Å²) in [5.41, 5.74) is 0. The van der Waals surface area contributed by atoms with Crippen molar-refractivity contribution in [2.24, 2.45) is 5.92 Å². The lowest BCUT2D eigenvalue weighted by Gasteiger charge is -2.20. The Bertz CT molecular complexity index is 643. The molecule has 5 nitrogen and oxygen atoms in total. The first kappa shape index (κ1) is 13.9. The standard InChI is InChI=1S/C13H16ClNO4S/c1-8-12(20(14,17)18)6-11(19-8)13(16)15(10-4-5-10)7-9-2-3-9/h6,9-10H,2-5,7H2,1H3. The molecule has 3 rings (SSSR count). The summed E-state index contributed by atoms with van der Waals surface area (Å²) in [5, 5.41) is 0. The topological polar surface area (TPSA) is 67.6 Å². The predicted molar refractivity (Wildman–Crippen MR) is 73.3 cm³/mol. The zero-order chi connectivity index (χ0) is 14.5. The van der Waals surface area contributed by atoms with Gasteiger partial charge in [0.25, 0.3) is 15.0 Å². The van der Waals surface area contributed by atoms with Crippen LogP contribution in [-0.4, -0.2) is 31.8 Å². The molecule has 0 radical (unpaired) electrons. The van der Waals surface area contributed by atoms with Gasteiger partial charge in [-0.3, -0.25) is 4.79 Å². The average Bonchev–Trinajstić information content (AvgIpc) is 3.23. The minimum absolute atomic E-state index is 0.0641. The third-order valence-electron chi connectivity index (χ3n) is 3.75. The van der Waals surface area contributed by atoms with Crippen LogP contribution in [0.2, 0.25) is 0 Å². The summed E-state index contributed by atoms with van der Waals surface area (Å²) >= 11 is 0. The predicted octanol–water partition coefficient (Wildman–Crippen LogP) is 2.53. The van der Waals surface area contributed by atoms with E-state index in [4.69, 9.17) is 15.1 Å². The summed E-state index contributed by atoms with van der Waals surface area (Å²) in [6, 6.07) is 1.52. The second-order valence-electron chi connectivity index (χ2n) is 5.60. The zero-order valence-corrected chi connectivity index (χ0v) is 12.7. The number of rotatable bonds is 5. The van der Waals surface area contributed by atoms with Gasteiger partial charge in [0, 0.05) is 29.3 Å². The van der Waals surface area contributed by atoms with Crippen LogP contribution < -0.4 is 0 Å². The second kappa shape index (κ2) is 4.77. The van der Waals surface area contributed by atoms with Gasteiger partial charge >= 0.3 is 0 Å². The number of hydrogen-bond acceptors (Lipinski definition) is 4. The molecule has 0 saturated heterocycles. The summed E-state index contributed by atoms with van der Waals surface area (Å²) in [6.07, 6.45) is 4.35. The summed E-state index contributed by atoms with van der Waals surface area (Å²) in [6.45, 7) is 2.24. The van der Waals surface area contributed by atoms with Crippen molar-refractivity contribution >= 4 is 25.6 Å². The Morgan fingerprint density at radius 3 is 2.50 bits per heavy atom. The molecule has 1 aromatic rings. The molecule has 20 heavy (non-hydrogen) atoms. The minimum Gasteiger partial charge on any atom is -0.455 e. The summed E-state index contributed by atoms with van der Waals surface area (Å²) in [4.78, 5) is 14.2. The van der Waals surface area contributed by atoms with E-state index in [1.807, 2.05) is 4.90 Å². The van der Waals surface area contributed by atoms with Crippen molar-refractivity contribution in [3.63, 3.8) is 0 Å². The van der Waals surface area contributed by atoms with Crippen LogP contribution in [0.5, 0.6) is 0 Å². The minimum atomic E-state index is -3.88. The average molecular weight is 318 g/mol. The van der Waals surface area contributed by atoms with Crippen molar-refractivity contribution < 1.29 is 17.6 Å². The molecule has 110 valence electrons. The number of aryl methyl sites for hydroxylation is 1. The van der Waals surface area contributed by atoms with Gasteiger partial charge < -0.3 is 9.32 Å². The first-order chi connectivity index (χ1) is 9.36.